The number of carbonyl (C=O) groups is 1. The Balaban J connectivity index is 2.05. The number of hydrogen-bond donors (Lipinski definition) is 1. The van der Waals surface area contributed by atoms with Gasteiger partial charge in [-0.3, -0.25) is 4.79 Å². The van der Waals surface area contributed by atoms with Crippen molar-refractivity contribution < 1.29 is 31.5 Å². The first-order valence-electron chi connectivity index (χ1n) is 8.68. The summed E-state index contributed by atoms with van der Waals surface area (Å²) in [7, 11) is 0. The van der Waals surface area contributed by atoms with Gasteiger partial charge in [0, 0.05) is 5.56 Å². The number of aromatic nitrogens is 2. The topological polar surface area (TPSA) is 70.1 Å². The summed E-state index contributed by atoms with van der Waals surface area (Å²) in [5.41, 5.74) is 6.14. The van der Waals surface area contributed by atoms with Crippen LogP contribution in [0, 0.1) is 11.6 Å². The molecule has 2 N–H and O–H groups in total. The van der Waals surface area contributed by atoms with Crippen molar-refractivity contribution in [3.8, 4) is 16.9 Å². The minimum Gasteiger partial charge on any atom is -0.364 e. The first-order valence-corrected chi connectivity index (χ1v) is 8.68. The fourth-order valence-electron chi connectivity index (χ4n) is 2.80. The largest absolute Gasteiger partial charge is 0.411 e. The van der Waals surface area contributed by atoms with Crippen LogP contribution in [0.2, 0.25) is 0 Å². The zero-order valence-electron chi connectivity index (χ0n) is 15.6. The zero-order chi connectivity index (χ0) is 22.1. The smallest absolute Gasteiger partial charge is 0.364 e. The van der Waals surface area contributed by atoms with Gasteiger partial charge in [-0.15, -0.1) is 0 Å². The van der Waals surface area contributed by atoms with Crippen molar-refractivity contribution in [1.82, 2.24) is 9.78 Å². The molecule has 30 heavy (non-hydrogen) atoms. The van der Waals surface area contributed by atoms with E-state index in [0.29, 0.717) is 5.69 Å². The van der Waals surface area contributed by atoms with Crippen molar-refractivity contribution >= 4 is 5.91 Å². The number of halogens is 5. The summed E-state index contributed by atoms with van der Waals surface area (Å²) >= 11 is 0. The number of amides is 1. The average molecular weight is 425 g/mol. The molecule has 10 heteroatoms. The van der Waals surface area contributed by atoms with E-state index in [9.17, 15) is 26.7 Å². The molecule has 1 aromatic heterocycles. The lowest BCUT2D eigenvalue weighted by molar-refractivity contribution is -0.184. The highest BCUT2D eigenvalue weighted by atomic mass is 19.4. The molecule has 0 aliphatic rings. The Bertz CT molecular complexity index is 1060. The second kappa shape index (κ2) is 8.23. The lowest BCUT2D eigenvalue weighted by atomic mass is 10.0. The lowest BCUT2D eigenvalue weighted by Gasteiger charge is -2.16. The summed E-state index contributed by atoms with van der Waals surface area (Å²) in [6.45, 7) is -0.129. The van der Waals surface area contributed by atoms with Gasteiger partial charge in [0.1, 0.15) is 18.2 Å². The Morgan fingerprint density at radius 1 is 1.10 bits per heavy atom. The quantitative estimate of drug-likeness (QED) is 0.589. The number of nitrogens with zero attached hydrogens (tertiary/aromatic N) is 2. The third-order valence-electron chi connectivity index (χ3n) is 4.22. The Kier molecular flexibility index (Phi) is 5.88. The van der Waals surface area contributed by atoms with Crippen molar-refractivity contribution in [3.63, 3.8) is 0 Å². The third kappa shape index (κ3) is 5.01. The molecule has 158 valence electrons. The van der Waals surface area contributed by atoms with Crippen LogP contribution in [0.4, 0.5) is 22.0 Å². The van der Waals surface area contributed by atoms with Crippen molar-refractivity contribution in [2.75, 3.05) is 6.61 Å². The minimum atomic E-state index is -4.53. The molecule has 1 heterocycles. The van der Waals surface area contributed by atoms with E-state index < -0.39 is 36.4 Å². The van der Waals surface area contributed by atoms with Crippen LogP contribution in [0.15, 0.2) is 48.5 Å². The third-order valence-corrected chi connectivity index (χ3v) is 4.22. The number of ether oxygens (including phenoxy) is 1. The average Bonchev–Trinajstić information content (AvgIpc) is 3.11. The second-order valence-corrected chi connectivity index (χ2v) is 6.51. The highest BCUT2D eigenvalue weighted by Gasteiger charge is 2.29. The van der Waals surface area contributed by atoms with Gasteiger partial charge in [0.15, 0.2) is 5.69 Å². The maximum absolute atomic E-state index is 14.3. The molecule has 1 amide bonds. The predicted molar refractivity (Wildman–Crippen MR) is 97.9 cm³/mol. The number of carbonyl (C=O) groups excluding carboxylic acids is 1. The van der Waals surface area contributed by atoms with Crippen LogP contribution in [0.25, 0.3) is 16.9 Å². The van der Waals surface area contributed by atoms with Gasteiger partial charge in [0.25, 0.3) is 5.91 Å². The van der Waals surface area contributed by atoms with Gasteiger partial charge in [0.05, 0.1) is 17.5 Å². The van der Waals surface area contributed by atoms with Crippen molar-refractivity contribution in [3.05, 3.63) is 71.4 Å². The highest BCUT2D eigenvalue weighted by molar-refractivity contribution is 5.92. The predicted octanol–water partition coefficient (Wildman–Crippen LogP) is 4.56. The van der Waals surface area contributed by atoms with Crippen molar-refractivity contribution in [2.24, 2.45) is 5.73 Å². The summed E-state index contributed by atoms with van der Waals surface area (Å²) < 4.78 is 70.8. The Labute approximate surface area is 167 Å². The molecular formula is C20H16F5N3O2. The summed E-state index contributed by atoms with van der Waals surface area (Å²) in [6.07, 6.45) is -5.58. The van der Waals surface area contributed by atoms with E-state index in [1.54, 1.807) is 0 Å². The molecule has 2 aromatic carbocycles. The fourth-order valence-corrected chi connectivity index (χ4v) is 2.80. The van der Waals surface area contributed by atoms with Gasteiger partial charge in [-0.2, -0.15) is 18.3 Å². The van der Waals surface area contributed by atoms with Crippen LogP contribution >= 0.6 is 0 Å². The number of primary amides is 1. The van der Waals surface area contributed by atoms with Crippen molar-refractivity contribution in [2.45, 2.75) is 19.2 Å². The van der Waals surface area contributed by atoms with Crippen LogP contribution < -0.4 is 5.73 Å². The van der Waals surface area contributed by atoms with E-state index >= 15 is 0 Å². The van der Waals surface area contributed by atoms with Gasteiger partial charge in [-0.05, 0) is 61.0 Å². The fraction of sp³-hybridized carbons (Fsp3) is 0.200. The molecule has 0 saturated heterocycles. The summed E-state index contributed by atoms with van der Waals surface area (Å²) in [6, 6.07) is 10.1. The molecular weight excluding hydrogens is 409 g/mol. The molecule has 0 spiro atoms. The van der Waals surface area contributed by atoms with Crippen LogP contribution in [0.3, 0.4) is 0 Å². The number of nitrogens with two attached hydrogens (primary N) is 1. The Morgan fingerprint density at radius 2 is 1.77 bits per heavy atom. The van der Waals surface area contributed by atoms with Crippen molar-refractivity contribution in [1.29, 1.82) is 0 Å². The van der Waals surface area contributed by atoms with E-state index in [1.165, 1.54) is 48.0 Å². The van der Waals surface area contributed by atoms with E-state index in [4.69, 9.17) is 10.5 Å². The van der Waals surface area contributed by atoms with Crippen LogP contribution in [-0.2, 0) is 4.74 Å². The van der Waals surface area contributed by atoms with Gasteiger partial charge in [-0.1, -0.05) is 0 Å². The first kappa shape index (κ1) is 21.4. The summed E-state index contributed by atoms with van der Waals surface area (Å²) in [4.78, 5) is 11.6. The van der Waals surface area contributed by atoms with Crippen LogP contribution in [-0.4, -0.2) is 28.5 Å². The Morgan fingerprint density at radius 3 is 2.37 bits per heavy atom. The molecule has 0 aliphatic carbocycles. The molecule has 0 fully saturated rings. The first-order chi connectivity index (χ1) is 14.0. The number of alkyl halides is 3. The second-order valence-electron chi connectivity index (χ2n) is 6.51. The van der Waals surface area contributed by atoms with E-state index in [0.717, 1.165) is 12.1 Å². The van der Waals surface area contributed by atoms with Gasteiger partial charge < -0.3 is 10.5 Å². The van der Waals surface area contributed by atoms with Crippen LogP contribution in [0.1, 0.15) is 29.1 Å². The molecule has 0 aliphatic heterocycles. The summed E-state index contributed by atoms with van der Waals surface area (Å²) in [5, 5.41) is 4.08. The highest BCUT2D eigenvalue weighted by Crippen LogP contribution is 2.30. The molecule has 1 atom stereocenters. The van der Waals surface area contributed by atoms with Gasteiger partial charge in [0.2, 0.25) is 0 Å². The van der Waals surface area contributed by atoms with Gasteiger partial charge in [-0.25, -0.2) is 13.5 Å². The maximum Gasteiger partial charge on any atom is 0.411 e. The standard InChI is InChI=1S/C20H16F5N3O2/c1-11(30-10-20(23,24)25)12-6-13(8-15(22)7-12)18-9-17(19(26)29)27-28(18)16-4-2-14(21)3-5-16/h2-9,11H,10H2,1H3,(H2,26,29)/t11-/m1/s1. The molecule has 3 aromatic rings. The molecule has 0 unspecified atom stereocenters. The normalized spacial score (nSPS) is 12.7. The van der Waals surface area contributed by atoms with E-state index in [1.807, 2.05) is 0 Å². The molecule has 0 saturated carbocycles. The monoisotopic (exact) mass is 425 g/mol. The molecule has 5 nitrogen and oxygen atoms in total. The molecule has 3 rings (SSSR count). The number of benzene rings is 2. The Hall–Kier alpha value is -3.27. The zero-order valence-corrected chi connectivity index (χ0v) is 15.6. The molecule has 0 radical (unpaired) electrons. The van der Waals surface area contributed by atoms with Crippen LogP contribution in [0.5, 0.6) is 0 Å². The number of rotatable bonds is 6. The minimum absolute atomic E-state index is 0.124. The van der Waals surface area contributed by atoms with Gasteiger partial charge >= 0.3 is 6.18 Å². The molecule has 0 bridgehead atoms. The summed E-state index contributed by atoms with van der Waals surface area (Å²) in [5.74, 6) is -2.06. The lowest BCUT2D eigenvalue weighted by Crippen LogP contribution is -2.18. The van der Waals surface area contributed by atoms with E-state index in [2.05, 4.69) is 5.10 Å². The van der Waals surface area contributed by atoms with E-state index in [-0.39, 0.29) is 22.5 Å². The number of hydrogen-bond acceptors (Lipinski definition) is 3. The maximum atomic E-state index is 14.3. The SMILES string of the molecule is C[C@@H](OCC(F)(F)F)c1cc(F)cc(-c2cc(C(N)=O)nn2-c2ccc(F)cc2)c1.